The van der Waals surface area contributed by atoms with Gasteiger partial charge in [0, 0.05) is 64.1 Å². The zero-order valence-electron chi connectivity index (χ0n) is 36.0. The van der Waals surface area contributed by atoms with Crippen LogP contribution in [0, 0.1) is 11.3 Å². The minimum absolute atomic E-state index is 0.504. The minimum Gasteiger partial charge on any atom is -0.310 e. The van der Waals surface area contributed by atoms with Crippen LogP contribution < -0.4 is 27.3 Å². The highest BCUT2D eigenvalue weighted by Gasteiger charge is 2.24. The smallest absolute Gasteiger partial charge is 0.164 e. The summed E-state index contributed by atoms with van der Waals surface area (Å²) in [6.45, 7) is 0. The molecule has 4 aromatic heterocycles. The van der Waals surface area contributed by atoms with Gasteiger partial charge in [-0.2, -0.15) is 5.26 Å². The Kier molecular flexibility index (Phi) is 8.62. The maximum absolute atomic E-state index is 11.1. The fourth-order valence-electron chi connectivity index (χ4n) is 9.99. The maximum Gasteiger partial charge on any atom is 0.164 e. The topological polar surface area (TPSA) is 72.3 Å². The summed E-state index contributed by atoms with van der Waals surface area (Å²) >= 11 is 1.79. The van der Waals surface area contributed by atoms with Gasteiger partial charge in [-0.15, -0.1) is 16.8 Å². The third-order valence-corrected chi connectivity index (χ3v) is 14.7. The molecular weight excluding hydrogens is 795 g/mol. The molecule has 8 aromatic carbocycles. The van der Waals surface area contributed by atoms with Crippen LogP contribution in [0.3, 0.4) is 0 Å². The second kappa shape index (κ2) is 14.5. The summed E-state index contributed by atoms with van der Waals surface area (Å²) in [5.41, 5.74) is 16.0. The van der Waals surface area contributed by atoms with Crippen molar-refractivity contribution in [3.63, 3.8) is 0 Å². The standard InChI is InChI=1S/C52H35B5N6S/c53-43-44(54)46(56)49(47(57)45(43)55)63-38-16-8-5-14-34(38)42-39(63)22-20-33-31-12-4-7-15-37(31)62(48(33)42)36-21-18-28(24-30(36)26-58)51-59-50(27-10-2-1-3-11-27)60-52(61-51)29-19-23-41-35(25-29)32-13-6-9-17-40(32)64-41/h1-25H,53-57H2. The van der Waals surface area contributed by atoms with Gasteiger partial charge in [0.15, 0.2) is 17.5 Å². The summed E-state index contributed by atoms with van der Waals surface area (Å²) in [4.78, 5) is 15.3. The molecule has 0 fully saturated rings. The summed E-state index contributed by atoms with van der Waals surface area (Å²) in [6, 6.07) is 55.4. The summed E-state index contributed by atoms with van der Waals surface area (Å²) in [7, 11) is 11.2. The number of rotatable bonds is 5. The number of fused-ring (bicyclic) bond motifs is 10. The Bertz CT molecular complexity index is 3970. The first-order valence-electron chi connectivity index (χ1n) is 21.6. The highest BCUT2D eigenvalue weighted by atomic mass is 32.1. The van der Waals surface area contributed by atoms with Crippen LogP contribution in [0.2, 0.25) is 0 Å². The zero-order chi connectivity index (χ0) is 43.4. The summed E-state index contributed by atoms with van der Waals surface area (Å²) < 4.78 is 7.23. The van der Waals surface area contributed by atoms with E-state index in [4.69, 9.17) is 15.0 Å². The molecule has 0 saturated carbocycles. The number of thiophene rings is 1. The van der Waals surface area contributed by atoms with E-state index in [0.29, 0.717) is 23.0 Å². The maximum atomic E-state index is 11.1. The van der Waals surface area contributed by atoms with Crippen LogP contribution in [0.5, 0.6) is 0 Å². The van der Waals surface area contributed by atoms with Crippen molar-refractivity contribution in [3.8, 4) is 51.6 Å². The van der Waals surface area contributed by atoms with Crippen molar-refractivity contribution >= 4 is 142 Å². The molecule has 4 heterocycles. The van der Waals surface area contributed by atoms with Crippen LogP contribution >= 0.6 is 11.3 Å². The highest BCUT2D eigenvalue weighted by Crippen LogP contribution is 2.43. The van der Waals surface area contributed by atoms with Gasteiger partial charge in [-0.25, -0.2) is 15.0 Å². The lowest BCUT2D eigenvalue weighted by atomic mass is 9.61. The second-order valence-corrected chi connectivity index (χ2v) is 17.9. The Hall–Kier alpha value is -7.60. The molecule has 0 bridgehead atoms. The van der Waals surface area contributed by atoms with Crippen LogP contribution in [0.15, 0.2) is 152 Å². The highest BCUT2D eigenvalue weighted by molar-refractivity contribution is 7.25. The van der Waals surface area contributed by atoms with Crippen LogP contribution in [0.1, 0.15) is 5.56 Å². The zero-order valence-corrected chi connectivity index (χ0v) is 36.8. The first-order chi connectivity index (χ1) is 31.3. The van der Waals surface area contributed by atoms with Crippen molar-refractivity contribution in [1.82, 2.24) is 24.1 Å². The molecular formula is C52H35B5N6S. The summed E-state index contributed by atoms with van der Waals surface area (Å²) in [6.07, 6.45) is 0. The van der Waals surface area contributed by atoms with Crippen LogP contribution in [-0.2, 0) is 0 Å². The fourth-order valence-corrected chi connectivity index (χ4v) is 11.1. The number of para-hydroxylation sites is 2. The molecule has 0 aliphatic rings. The molecule has 12 heteroatoms. The van der Waals surface area contributed by atoms with Gasteiger partial charge in [0.2, 0.25) is 0 Å². The number of nitriles is 1. The van der Waals surface area contributed by atoms with Crippen molar-refractivity contribution in [2.75, 3.05) is 0 Å². The predicted molar refractivity (Wildman–Crippen MR) is 283 cm³/mol. The number of hydrogen-bond acceptors (Lipinski definition) is 5. The lowest BCUT2D eigenvalue weighted by Crippen LogP contribution is -2.56. The number of aromatic nitrogens is 5. The second-order valence-electron chi connectivity index (χ2n) is 16.9. The first kappa shape index (κ1) is 38.1. The van der Waals surface area contributed by atoms with E-state index < -0.39 is 0 Å². The van der Waals surface area contributed by atoms with E-state index in [0.717, 1.165) is 66.0 Å². The van der Waals surface area contributed by atoms with Gasteiger partial charge < -0.3 is 9.13 Å². The molecule has 0 unspecified atom stereocenters. The average Bonchev–Trinajstić information content (AvgIpc) is 4.00. The largest absolute Gasteiger partial charge is 0.310 e. The number of nitrogens with zero attached hydrogens (tertiary/aromatic N) is 6. The molecule has 294 valence electrons. The van der Waals surface area contributed by atoms with Gasteiger partial charge in [-0.1, -0.05) is 113 Å². The van der Waals surface area contributed by atoms with Crippen LogP contribution in [0.4, 0.5) is 0 Å². The molecule has 0 radical (unpaired) electrons. The molecule has 0 saturated heterocycles. The molecule has 0 aliphatic carbocycles. The quantitative estimate of drug-likeness (QED) is 0.238. The van der Waals surface area contributed by atoms with Crippen molar-refractivity contribution in [2.24, 2.45) is 0 Å². The lowest BCUT2D eigenvalue weighted by Gasteiger charge is -2.22. The van der Waals surface area contributed by atoms with Gasteiger partial charge in [0.1, 0.15) is 45.3 Å². The fraction of sp³-hybridized carbons (Fsp3) is 0. The Morgan fingerprint density at radius 2 is 1.00 bits per heavy atom. The number of hydrogen-bond donors (Lipinski definition) is 0. The SMILES string of the molecule is Bc1c(B)c(B)c(-n2c3ccccc3c3c2ccc2c4ccccc4n(-c4ccc(-c5nc(-c6ccccc6)nc(-c6ccc7sc8ccccc8c7c6)n5)cc4C#N)c23)c(B)c1B. The Balaban J connectivity index is 1.10. The first-order valence-corrected chi connectivity index (χ1v) is 22.4. The normalized spacial score (nSPS) is 11.7. The Morgan fingerprint density at radius 3 is 1.72 bits per heavy atom. The molecule has 12 rings (SSSR count). The number of benzene rings is 8. The van der Waals surface area contributed by atoms with Crippen molar-refractivity contribution in [2.45, 2.75) is 0 Å². The van der Waals surface area contributed by atoms with E-state index in [1.54, 1.807) is 11.3 Å². The van der Waals surface area contributed by atoms with Crippen LogP contribution in [0.25, 0.3) is 109 Å². The molecule has 12 aromatic rings. The molecule has 6 nitrogen and oxygen atoms in total. The Morgan fingerprint density at radius 1 is 0.438 bits per heavy atom. The molecule has 0 atom stereocenters. The average molecular weight is 830 g/mol. The van der Waals surface area contributed by atoms with Gasteiger partial charge in [0.05, 0.1) is 33.3 Å². The molecule has 0 aliphatic heterocycles. The van der Waals surface area contributed by atoms with E-state index in [1.165, 1.54) is 53.2 Å². The minimum atomic E-state index is 0.504. The van der Waals surface area contributed by atoms with Gasteiger partial charge >= 0.3 is 0 Å². The predicted octanol–water partition coefficient (Wildman–Crippen LogP) is 4.60. The van der Waals surface area contributed by atoms with Gasteiger partial charge in [-0.05, 0) is 60.7 Å². The molecule has 64 heavy (non-hydrogen) atoms. The Labute approximate surface area is 377 Å². The molecule has 0 spiro atoms. The van der Waals surface area contributed by atoms with Gasteiger partial charge in [-0.3, -0.25) is 0 Å². The van der Waals surface area contributed by atoms with E-state index in [1.807, 2.05) is 42.5 Å². The lowest BCUT2D eigenvalue weighted by molar-refractivity contribution is 1.07. The van der Waals surface area contributed by atoms with E-state index in [9.17, 15) is 5.26 Å². The molecule has 0 amide bonds. The van der Waals surface area contributed by atoms with E-state index >= 15 is 0 Å². The van der Waals surface area contributed by atoms with Crippen LogP contribution in [-0.4, -0.2) is 63.3 Å². The molecule has 0 N–H and O–H groups in total. The summed E-state index contributed by atoms with van der Waals surface area (Å²) in [5, 5.41) is 18.1. The van der Waals surface area contributed by atoms with Crippen molar-refractivity contribution < 1.29 is 0 Å². The monoisotopic (exact) mass is 830 g/mol. The van der Waals surface area contributed by atoms with E-state index in [2.05, 4.69) is 164 Å². The van der Waals surface area contributed by atoms with Crippen molar-refractivity contribution in [1.29, 1.82) is 5.26 Å². The third-order valence-electron chi connectivity index (χ3n) is 13.6. The van der Waals surface area contributed by atoms with E-state index in [-0.39, 0.29) is 0 Å². The summed E-state index contributed by atoms with van der Waals surface area (Å²) in [5.74, 6) is 1.66. The van der Waals surface area contributed by atoms with Crippen molar-refractivity contribution in [3.05, 3.63) is 157 Å². The van der Waals surface area contributed by atoms with Gasteiger partial charge in [0.25, 0.3) is 0 Å². The third kappa shape index (κ3) is 5.60.